The van der Waals surface area contributed by atoms with E-state index in [9.17, 15) is 9.00 Å². The van der Waals surface area contributed by atoms with Crippen molar-refractivity contribution >= 4 is 28.4 Å². The van der Waals surface area contributed by atoms with E-state index in [0.717, 1.165) is 0 Å². The summed E-state index contributed by atoms with van der Waals surface area (Å²) in [5, 5.41) is -0.308. The Hall–Kier alpha value is -0.870. The van der Waals surface area contributed by atoms with Gasteiger partial charge >= 0.3 is 5.97 Å². The maximum Gasteiger partial charge on any atom is 0.321 e. The molecule has 2 unspecified atom stereocenters. The van der Waals surface area contributed by atoms with Gasteiger partial charge in [0.1, 0.15) is 5.25 Å². The van der Waals surface area contributed by atoms with E-state index in [-0.39, 0.29) is 6.61 Å². The summed E-state index contributed by atoms with van der Waals surface area (Å²) in [7, 11) is -1.48. The zero-order valence-electron chi connectivity index (χ0n) is 9.10. The van der Waals surface area contributed by atoms with Crippen LogP contribution in [0.2, 0.25) is 5.02 Å². The smallest absolute Gasteiger partial charge is 0.321 e. The average molecular weight is 261 g/mol. The number of carbonyl (C=O) groups is 1. The van der Waals surface area contributed by atoms with Gasteiger partial charge in [0.2, 0.25) is 0 Å². The van der Waals surface area contributed by atoms with Crippen molar-refractivity contribution in [2.45, 2.75) is 24.0 Å². The van der Waals surface area contributed by atoms with Crippen molar-refractivity contribution in [2.24, 2.45) is 0 Å². The maximum atomic E-state index is 12.0. The van der Waals surface area contributed by atoms with Crippen LogP contribution in [0.1, 0.15) is 13.8 Å². The molecule has 1 aromatic rings. The van der Waals surface area contributed by atoms with Crippen molar-refractivity contribution in [1.82, 2.24) is 0 Å². The minimum absolute atomic E-state index is 0.281. The van der Waals surface area contributed by atoms with E-state index in [1.54, 1.807) is 38.1 Å². The van der Waals surface area contributed by atoms with Crippen LogP contribution in [0.4, 0.5) is 0 Å². The van der Waals surface area contributed by atoms with Crippen LogP contribution in [0.3, 0.4) is 0 Å². The van der Waals surface area contributed by atoms with Crippen LogP contribution < -0.4 is 0 Å². The van der Waals surface area contributed by atoms with Crippen LogP contribution in [0, 0.1) is 0 Å². The van der Waals surface area contributed by atoms with Crippen LogP contribution >= 0.6 is 11.6 Å². The molecule has 0 aliphatic carbocycles. The number of carbonyl (C=O) groups excluding carboxylic acids is 1. The molecule has 88 valence electrons. The first kappa shape index (κ1) is 13.2. The standard InChI is InChI=1S/C11H13ClO3S/c1-3-15-11(13)8(2)16(14)10-7-5-4-6-9(10)12/h4-8H,3H2,1-2H3. The molecule has 0 amide bonds. The Balaban J connectivity index is 2.86. The zero-order valence-corrected chi connectivity index (χ0v) is 10.7. The molecular formula is C11H13ClO3S. The van der Waals surface area contributed by atoms with Crippen LogP contribution in [0.15, 0.2) is 29.2 Å². The van der Waals surface area contributed by atoms with Crippen LogP contribution in [-0.4, -0.2) is 22.0 Å². The Bertz CT molecular complexity index is 406. The monoisotopic (exact) mass is 260 g/mol. The Labute approximate surface area is 102 Å². The van der Waals surface area contributed by atoms with Crippen molar-refractivity contribution in [1.29, 1.82) is 0 Å². The lowest BCUT2D eigenvalue weighted by atomic mass is 10.4. The van der Waals surface area contributed by atoms with E-state index in [2.05, 4.69) is 0 Å². The van der Waals surface area contributed by atoms with Gasteiger partial charge in [0.15, 0.2) is 0 Å². The molecule has 2 atom stereocenters. The predicted octanol–water partition coefficient (Wildman–Crippen LogP) is 2.40. The van der Waals surface area contributed by atoms with E-state index in [0.29, 0.717) is 9.92 Å². The minimum atomic E-state index is -1.48. The molecule has 0 aliphatic heterocycles. The molecule has 1 rings (SSSR count). The van der Waals surface area contributed by atoms with Gasteiger partial charge in [-0.3, -0.25) is 9.00 Å². The summed E-state index contributed by atoms with van der Waals surface area (Å²) < 4.78 is 16.8. The third kappa shape index (κ3) is 3.06. The van der Waals surface area contributed by atoms with E-state index in [1.165, 1.54) is 0 Å². The largest absolute Gasteiger partial charge is 0.465 e. The highest BCUT2D eigenvalue weighted by Gasteiger charge is 2.23. The Morgan fingerprint density at radius 3 is 2.69 bits per heavy atom. The van der Waals surface area contributed by atoms with Crippen molar-refractivity contribution in [3.63, 3.8) is 0 Å². The Kier molecular flexibility index (Phi) is 4.96. The molecule has 0 aromatic heterocycles. The molecule has 0 aliphatic rings. The van der Waals surface area contributed by atoms with E-state index in [4.69, 9.17) is 16.3 Å². The molecule has 16 heavy (non-hydrogen) atoms. The zero-order chi connectivity index (χ0) is 12.1. The molecule has 0 fully saturated rings. The second-order valence-corrected chi connectivity index (χ2v) is 5.27. The summed E-state index contributed by atoms with van der Waals surface area (Å²) in [4.78, 5) is 11.9. The fraction of sp³-hybridized carbons (Fsp3) is 0.364. The Morgan fingerprint density at radius 1 is 1.50 bits per heavy atom. The maximum absolute atomic E-state index is 12.0. The third-order valence-electron chi connectivity index (χ3n) is 1.99. The fourth-order valence-electron chi connectivity index (χ4n) is 1.15. The molecule has 0 radical (unpaired) electrons. The molecule has 3 nitrogen and oxygen atoms in total. The van der Waals surface area contributed by atoms with Crippen LogP contribution in [0.25, 0.3) is 0 Å². The van der Waals surface area contributed by atoms with Crippen molar-refractivity contribution < 1.29 is 13.7 Å². The van der Waals surface area contributed by atoms with Gasteiger partial charge in [0.25, 0.3) is 0 Å². The molecule has 0 N–H and O–H groups in total. The van der Waals surface area contributed by atoms with Gasteiger partial charge < -0.3 is 4.74 Å². The molecule has 0 bridgehead atoms. The molecule has 1 aromatic carbocycles. The third-order valence-corrected chi connectivity index (χ3v) is 4.06. The number of ether oxygens (including phenoxy) is 1. The lowest BCUT2D eigenvalue weighted by Gasteiger charge is -2.11. The average Bonchev–Trinajstić information content (AvgIpc) is 2.28. The van der Waals surface area contributed by atoms with E-state index in [1.807, 2.05) is 0 Å². The van der Waals surface area contributed by atoms with Crippen molar-refractivity contribution in [3.05, 3.63) is 29.3 Å². The highest BCUT2D eigenvalue weighted by atomic mass is 35.5. The first-order valence-corrected chi connectivity index (χ1v) is 6.48. The fourth-order valence-corrected chi connectivity index (χ4v) is 2.61. The van der Waals surface area contributed by atoms with Crippen molar-refractivity contribution in [3.8, 4) is 0 Å². The SMILES string of the molecule is CCOC(=O)C(C)S(=O)c1ccccc1Cl. The number of hydrogen-bond donors (Lipinski definition) is 0. The normalized spacial score (nSPS) is 14.2. The summed E-state index contributed by atoms with van der Waals surface area (Å²) in [6.45, 7) is 3.56. The molecule has 5 heteroatoms. The second-order valence-electron chi connectivity index (χ2n) is 3.12. The van der Waals surface area contributed by atoms with Gasteiger partial charge in [-0.1, -0.05) is 23.7 Å². The highest BCUT2D eigenvalue weighted by molar-refractivity contribution is 7.86. The number of benzene rings is 1. The van der Waals surface area contributed by atoms with Crippen LogP contribution in [0.5, 0.6) is 0 Å². The number of esters is 1. The van der Waals surface area contributed by atoms with E-state index < -0.39 is 22.0 Å². The minimum Gasteiger partial charge on any atom is -0.465 e. The first-order valence-electron chi connectivity index (χ1n) is 4.89. The topological polar surface area (TPSA) is 43.4 Å². The summed E-state index contributed by atoms with van der Waals surface area (Å²) in [5.41, 5.74) is 0. The number of halogens is 1. The van der Waals surface area contributed by atoms with Gasteiger partial charge in [-0.25, -0.2) is 0 Å². The molecule has 0 saturated carbocycles. The van der Waals surface area contributed by atoms with Gasteiger partial charge in [0, 0.05) is 0 Å². The van der Waals surface area contributed by atoms with Gasteiger partial charge in [-0.05, 0) is 26.0 Å². The number of rotatable bonds is 4. The molecule has 0 saturated heterocycles. The highest BCUT2D eigenvalue weighted by Crippen LogP contribution is 2.21. The summed E-state index contributed by atoms with van der Waals surface area (Å²) >= 11 is 5.90. The summed E-state index contributed by atoms with van der Waals surface area (Å²) in [5.74, 6) is -0.472. The number of hydrogen-bond acceptors (Lipinski definition) is 3. The summed E-state index contributed by atoms with van der Waals surface area (Å²) in [6.07, 6.45) is 0. The second kappa shape index (κ2) is 6.01. The van der Waals surface area contributed by atoms with Gasteiger partial charge in [-0.15, -0.1) is 0 Å². The lowest BCUT2D eigenvalue weighted by Crippen LogP contribution is -2.25. The Morgan fingerprint density at radius 2 is 2.12 bits per heavy atom. The van der Waals surface area contributed by atoms with Crippen LogP contribution in [-0.2, 0) is 20.3 Å². The van der Waals surface area contributed by atoms with E-state index >= 15 is 0 Å². The van der Waals surface area contributed by atoms with Gasteiger partial charge in [0.05, 0.1) is 27.3 Å². The molecule has 0 spiro atoms. The molecular weight excluding hydrogens is 248 g/mol. The first-order chi connectivity index (χ1) is 7.57. The molecule has 0 heterocycles. The van der Waals surface area contributed by atoms with Gasteiger partial charge in [-0.2, -0.15) is 0 Å². The van der Waals surface area contributed by atoms with Crippen molar-refractivity contribution in [2.75, 3.05) is 6.61 Å². The summed E-state index contributed by atoms with van der Waals surface area (Å²) in [6, 6.07) is 6.77. The quantitative estimate of drug-likeness (QED) is 0.781. The lowest BCUT2D eigenvalue weighted by molar-refractivity contribution is -0.142. The predicted molar refractivity (Wildman–Crippen MR) is 64.0 cm³/mol.